The SMILES string of the molecule is O=C1OC(COC2OC(CO)C(O)C(O)C2O)C(O)=C1O. The fraction of sp³-hybridized carbons (Fsp3) is 0.727. The Hall–Kier alpha value is -1.43. The van der Waals surface area contributed by atoms with Gasteiger partial charge >= 0.3 is 5.97 Å². The third kappa shape index (κ3) is 2.95. The molecule has 0 bridgehead atoms. The zero-order valence-corrected chi connectivity index (χ0v) is 10.7. The van der Waals surface area contributed by atoms with Crippen molar-refractivity contribution in [1.82, 2.24) is 0 Å². The first kappa shape index (κ1) is 15.9. The largest absolute Gasteiger partial charge is 0.505 e. The van der Waals surface area contributed by atoms with E-state index in [1.165, 1.54) is 0 Å². The Kier molecular flexibility index (Phi) is 4.66. The molecule has 21 heavy (non-hydrogen) atoms. The smallest absolute Gasteiger partial charge is 0.377 e. The van der Waals surface area contributed by atoms with Gasteiger partial charge in [-0.3, -0.25) is 0 Å². The van der Waals surface area contributed by atoms with Crippen molar-refractivity contribution in [2.45, 2.75) is 36.8 Å². The quantitative estimate of drug-likeness (QED) is 0.296. The van der Waals surface area contributed by atoms with Gasteiger partial charge in [0.05, 0.1) is 13.2 Å². The van der Waals surface area contributed by atoms with Crippen molar-refractivity contribution in [3.63, 3.8) is 0 Å². The van der Waals surface area contributed by atoms with Gasteiger partial charge in [-0.15, -0.1) is 0 Å². The van der Waals surface area contributed by atoms with Crippen molar-refractivity contribution in [3.05, 3.63) is 11.5 Å². The third-order valence-electron chi connectivity index (χ3n) is 3.25. The van der Waals surface area contributed by atoms with Crippen molar-refractivity contribution < 1.29 is 49.6 Å². The summed E-state index contributed by atoms with van der Waals surface area (Å²) in [6.45, 7) is -1.08. The molecule has 0 saturated carbocycles. The number of ether oxygens (including phenoxy) is 3. The molecule has 0 radical (unpaired) electrons. The molecule has 2 aliphatic heterocycles. The highest BCUT2D eigenvalue weighted by atomic mass is 16.7. The summed E-state index contributed by atoms with van der Waals surface area (Å²) < 4.78 is 14.7. The van der Waals surface area contributed by atoms with Gasteiger partial charge in [0.2, 0.25) is 5.76 Å². The van der Waals surface area contributed by atoms with Gasteiger partial charge in [0, 0.05) is 0 Å². The minimum Gasteiger partial charge on any atom is -0.505 e. The maximum Gasteiger partial charge on any atom is 0.377 e. The molecule has 120 valence electrons. The Morgan fingerprint density at radius 3 is 2.29 bits per heavy atom. The van der Waals surface area contributed by atoms with Crippen LogP contribution in [-0.2, 0) is 19.0 Å². The average molecular weight is 308 g/mol. The van der Waals surface area contributed by atoms with Crippen LogP contribution in [0.3, 0.4) is 0 Å². The number of rotatable bonds is 4. The van der Waals surface area contributed by atoms with Gasteiger partial charge in [-0.25, -0.2) is 4.79 Å². The molecule has 1 saturated heterocycles. The van der Waals surface area contributed by atoms with E-state index < -0.39 is 67.5 Å². The van der Waals surface area contributed by atoms with Crippen LogP contribution in [0.1, 0.15) is 0 Å². The third-order valence-corrected chi connectivity index (χ3v) is 3.25. The summed E-state index contributed by atoms with van der Waals surface area (Å²) in [4.78, 5) is 11.0. The van der Waals surface area contributed by atoms with Crippen LogP contribution in [0.25, 0.3) is 0 Å². The lowest BCUT2D eigenvalue weighted by Crippen LogP contribution is -2.59. The number of carbonyl (C=O) groups is 1. The monoisotopic (exact) mass is 308 g/mol. The second kappa shape index (κ2) is 6.13. The molecule has 1 fully saturated rings. The van der Waals surface area contributed by atoms with Gasteiger partial charge in [0.25, 0.3) is 0 Å². The van der Waals surface area contributed by atoms with E-state index in [-0.39, 0.29) is 0 Å². The van der Waals surface area contributed by atoms with Crippen molar-refractivity contribution >= 4 is 5.97 Å². The molecule has 10 nitrogen and oxygen atoms in total. The van der Waals surface area contributed by atoms with Crippen LogP contribution >= 0.6 is 0 Å². The summed E-state index contributed by atoms with van der Waals surface area (Å²) in [6.07, 6.45) is -8.58. The highest BCUT2D eigenvalue weighted by molar-refractivity contribution is 5.89. The van der Waals surface area contributed by atoms with Gasteiger partial charge < -0.3 is 44.8 Å². The number of hydrogen-bond donors (Lipinski definition) is 6. The second-order valence-corrected chi connectivity index (χ2v) is 4.66. The van der Waals surface area contributed by atoms with Crippen molar-refractivity contribution in [2.24, 2.45) is 0 Å². The standard InChI is InChI=1S/C11H16O10/c12-1-3-5(13)7(15)9(17)11(21-3)19-2-4-6(14)8(16)10(18)20-4/h3-5,7,9,11-17H,1-2H2. The maximum atomic E-state index is 11.0. The lowest BCUT2D eigenvalue weighted by molar-refractivity contribution is -0.304. The molecule has 6 N–H and O–H groups in total. The summed E-state index contributed by atoms with van der Waals surface area (Å²) in [5, 5.41) is 56.3. The number of hydrogen-bond acceptors (Lipinski definition) is 10. The number of carbonyl (C=O) groups excluding carboxylic acids is 1. The van der Waals surface area contributed by atoms with Crippen LogP contribution in [0.5, 0.6) is 0 Å². The van der Waals surface area contributed by atoms with Gasteiger partial charge in [-0.1, -0.05) is 0 Å². The molecule has 10 heteroatoms. The Bertz CT molecular complexity index is 433. The first-order valence-corrected chi connectivity index (χ1v) is 6.12. The summed E-state index contributed by atoms with van der Waals surface area (Å²) >= 11 is 0. The summed E-state index contributed by atoms with van der Waals surface area (Å²) in [7, 11) is 0. The number of cyclic esters (lactones) is 1. The number of esters is 1. The first-order chi connectivity index (χ1) is 9.86. The highest BCUT2D eigenvalue weighted by Gasteiger charge is 2.45. The molecule has 6 atom stereocenters. The molecule has 2 aliphatic rings. The van der Waals surface area contributed by atoms with E-state index in [4.69, 9.17) is 19.7 Å². The van der Waals surface area contributed by atoms with Gasteiger partial charge in [-0.05, 0) is 0 Å². The van der Waals surface area contributed by atoms with Crippen LogP contribution in [-0.4, -0.2) is 86.6 Å². The molecule has 2 rings (SSSR count). The average Bonchev–Trinajstić information content (AvgIpc) is 2.71. The molecule has 0 aromatic carbocycles. The van der Waals surface area contributed by atoms with E-state index in [0.717, 1.165) is 0 Å². The van der Waals surface area contributed by atoms with Gasteiger partial charge in [-0.2, -0.15) is 0 Å². The zero-order chi connectivity index (χ0) is 15.7. The van der Waals surface area contributed by atoms with Gasteiger partial charge in [0.1, 0.15) is 24.4 Å². The molecule has 0 spiro atoms. The Labute approximate surface area is 118 Å². The van der Waals surface area contributed by atoms with Gasteiger partial charge in [0.15, 0.2) is 18.2 Å². The van der Waals surface area contributed by atoms with E-state index in [9.17, 15) is 25.2 Å². The van der Waals surface area contributed by atoms with Crippen LogP contribution in [0.15, 0.2) is 11.5 Å². The minimum atomic E-state index is -1.61. The predicted octanol–water partition coefficient (Wildman–Crippen LogP) is -2.94. The lowest BCUT2D eigenvalue weighted by Gasteiger charge is -2.39. The van der Waals surface area contributed by atoms with Crippen LogP contribution in [0.4, 0.5) is 0 Å². The lowest BCUT2D eigenvalue weighted by atomic mass is 9.99. The van der Waals surface area contributed by atoms with E-state index >= 15 is 0 Å². The summed E-state index contributed by atoms with van der Waals surface area (Å²) in [6, 6.07) is 0. The molecule has 2 heterocycles. The topological polar surface area (TPSA) is 166 Å². The minimum absolute atomic E-state index is 0.468. The van der Waals surface area contributed by atoms with E-state index in [1.807, 2.05) is 0 Å². The van der Waals surface area contributed by atoms with Crippen LogP contribution in [0.2, 0.25) is 0 Å². The normalized spacial score (nSPS) is 40.5. The molecule has 0 amide bonds. The molecule has 0 aromatic heterocycles. The molecule has 0 aromatic rings. The predicted molar refractivity (Wildman–Crippen MR) is 61.9 cm³/mol. The molecular formula is C11H16O10. The first-order valence-electron chi connectivity index (χ1n) is 6.12. The fourth-order valence-corrected chi connectivity index (χ4v) is 2.00. The van der Waals surface area contributed by atoms with Crippen molar-refractivity contribution in [3.8, 4) is 0 Å². The Morgan fingerprint density at radius 2 is 1.76 bits per heavy atom. The summed E-state index contributed by atoms with van der Waals surface area (Å²) in [5.74, 6) is -2.77. The van der Waals surface area contributed by atoms with Crippen molar-refractivity contribution in [1.29, 1.82) is 0 Å². The number of aliphatic hydroxyl groups is 6. The molecule has 0 aliphatic carbocycles. The number of aliphatic hydroxyl groups excluding tert-OH is 6. The van der Waals surface area contributed by atoms with E-state index in [1.54, 1.807) is 0 Å². The Balaban J connectivity index is 1.95. The fourth-order valence-electron chi connectivity index (χ4n) is 2.00. The van der Waals surface area contributed by atoms with Crippen LogP contribution in [0, 0.1) is 0 Å². The molecule has 6 unspecified atom stereocenters. The molecular weight excluding hydrogens is 292 g/mol. The Morgan fingerprint density at radius 1 is 1.10 bits per heavy atom. The second-order valence-electron chi connectivity index (χ2n) is 4.66. The van der Waals surface area contributed by atoms with Crippen LogP contribution < -0.4 is 0 Å². The highest BCUT2D eigenvalue weighted by Crippen LogP contribution is 2.24. The summed E-state index contributed by atoms with van der Waals surface area (Å²) in [5.41, 5.74) is 0. The zero-order valence-electron chi connectivity index (χ0n) is 10.7. The maximum absolute atomic E-state index is 11.0. The van der Waals surface area contributed by atoms with Crippen molar-refractivity contribution in [2.75, 3.05) is 13.2 Å². The van der Waals surface area contributed by atoms with E-state index in [0.29, 0.717) is 0 Å². The van der Waals surface area contributed by atoms with E-state index in [2.05, 4.69) is 4.74 Å².